The van der Waals surface area contributed by atoms with Crippen molar-refractivity contribution in [2.45, 2.75) is 26.9 Å². The van der Waals surface area contributed by atoms with Gasteiger partial charge in [-0.25, -0.2) is 4.39 Å². The van der Waals surface area contributed by atoms with Crippen LogP contribution in [0.5, 0.6) is 5.75 Å². The molecule has 0 aromatic heterocycles. The average Bonchev–Trinajstić information content (AvgIpc) is 2.45. The van der Waals surface area contributed by atoms with Crippen LogP contribution in [0.3, 0.4) is 0 Å². The van der Waals surface area contributed by atoms with Crippen LogP contribution in [0.4, 0.5) is 4.39 Å². The third-order valence-corrected chi connectivity index (χ3v) is 3.10. The van der Waals surface area contributed by atoms with E-state index in [2.05, 4.69) is 0 Å². The van der Waals surface area contributed by atoms with Crippen LogP contribution in [0.15, 0.2) is 24.3 Å². The standard InChI is InChI=1S/C15H20FNO4/c1-4-17(9-10(2)15(19)20)14(18)11(3)21-13-8-6-5-7-12(13)16/h5-8,10-11H,4,9H2,1-3H3,(H,19,20). The molecule has 0 saturated heterocycles. The first-order chi connectivity index (χ1) is 9.86. The van der Waals surface area contributed by atoms with Gasteiger partial charge < -0.3 is 14.7 Å². The summed E-state index contributed by atoms with van der Waals surface area (Å²) < 4.78 is 18.8. The largest absolute Gasteiger partial charge is 0.481 e. The molecule has 1 aromatic carbocycles. The summed E-state index contributed by atoms with van der Waals surface area (Å²) in [6, 6.07) is 5.83. The van der Waals surface area contributed by atoms with Gasteiger partial charge in [0.2, 0.25) is 0 Å². The molecule has 0 heterocycles. The second kappa shape index (κ2) is 7.61. The molecule has 1 N–H and O–H groups in total. The van der Waals surface area contributed by atoms with Crippen LogP contribution in [-0.4, -0.2) is 41.1 Å². The monoisotopic (exact) mass is 297 g/mol. The van der Waals surface area contributed by atoms with E-state index < -0.39 is 23.8 Å². The molecule has 0 saturated carbocycles. The minimum atomic E-state index is -0.969. The number of hydrogen-bond donors (Lipinski definition) is 1. The highest BCUT2D eigenvalue weighted by molar-refractivity contribution is 5.81. The predicted octanol–water partition coefficient (Wildman–Crippen LogP) is 2.16. The smallest absolute Gasteiger partial charge is 0.308 e. The maximum absolute atomic E-state index is 13.5. The molecule has 5 nitrogen and oxygen atoms in total. The molecule has 1 amide bonds. The number of carboxylic acid groups (broad SMARTS) is 1. The lowest BCUT2D eigenvalue weighted by molar-refractivity contribution is -0.144. The first kappa shape index (κ1) is 16.9. The molecular weight excluding hydrogens is 277 g/mol. The molecule has 6 heteroatoms. The van der Waals surface area contributed by atoms with Crippen molar-refractivity contribution < 1.29 is 23.8 Å². The van der Waals surface area contributed by atoms with Crippen molar-refractivity contribution in [3.63, 3.8) is 0 Å². The highest BCUT2D eigenvalue weighted by Gasteiger charge is 2.25. The zero-order valence-corrected chi connectivity index (χ0v) is 12.4. The van der Waals surface area contributed by atoms with Crippen LogP contribution >= 0.6 is 0 Å². The van der Waals surface area contributed by atoms with Crippen LogP contribution in [0.1, 0.15) is 20.8 Å². The number of carbonyl (C=O) groups is 2. The number of hydrogen-bond acceptors (Lipinski definition) is 3. The number of aliphatic carboxylic acids is 1. The van der Waals surface area contributed by atoms with E-state index in [0.717, 1.165) is 0 Å². The molecule has 1 aromatic rings. The summed E-state index contributed by atoms with van der Waals surface area (Å²) in [7, 11) is 0. The lowest BCUT2D eigenvalue weighted by atomic mass is 10.1. The van der Waals surface area contributed by atoms with E-state index >= 15 is 0 Å². The van der Waals surface area contributed by atoms with Crippen molar-refractivity contribution in [3.8, 4) is 5.75 Å². The topological polar surface area (TPSA) is 66.8 Å². The molecular formula is C15H20FNO4. The Balaban J connectivity index is 2.71. The molecule has 0 radical (unpaired) electrons. The van der Waals surface area contributed by atoms with E-state index in [1.807, 2.05) is 0 Å². The number of ether oxygens (including phenoxy) is 1. The number of benzene rings is 1. The lowest BCUT2D eigenvalue weighted by Crippen LogP contribution is -2.43. The molecule has 21 heavy (non-hydrogen) atoms. The van der Waals surface area contributed by atoms with E-state index in [-0.39, 0.29) is 18.2 Å². The normalized spacial score (nSPS) is 13.3. The predicted molar refractivity (Wildman–Crippen MR) is 75.5 cm³/mol. The van der Waals surface area contributed by atoms with Gasteiger partial charge in [0.25, 0.3) is 5.91 Å². The van der Waals surface area contributed by atoms with Gasteiger partial charge in [0.15, 0.2) is 17.7 Å². The zero-order chi connectivity index (χ0) is 16.0. The van der Waals surface area contributed by atoms with Gasteiger partial charge in [-0.05, 0) is 26.0 Å². The highest BCUT2D eigenvalue weighted by atomic mass is 19.1. The molecule has 0 aliphatic heterocycles. The lowest BCUT2D eigenvalue weighted by Gasteiger charge is -2.26. The minimum absolute atomic E-state index is 0.000635. The second-order valence-electron chi connectivity index (χ2n) is 4.81. The van der Waals surface area contributed by atoms with Crippen LogP contribution in [0.2, 0.25) is 0 Å². The first-order valence-corrected chi connectivity index (χ1v) is 6.79. The number of nitrogens with zero attached hydrogens (tertiary/aromatic N) is 1. The van der Waals surface area contributed by atoms with Gasteiger partial charge >= 0.3 is 5.97 Å². The van der Waals surface area contributed by atoms with Crippen molar-refractivity contribution >= 4 is 11.9 Å². The summed E-state index contributed by atoms with van der Waals surface area (Å²) in [6.45, 7) is 5.25. The highest BCUT2D eigenvalue weighted by Crippen LogP contribution is 2.18. The van der Waals surface area contributed by atoms with Crippen LogP contribution in [0, 0.1) is 11.7 Å². The van der Waals surface area contributed by atoms with Gasteiger partial charge in [0, 0.05) is 13.1 Å². The fourth-order valence-electron chi connectivity index (χ4n) is 1.82. The van der Waals surface area contributed by atoms with E-state index in [1.54, 1.807) is 13.0 Å². The van der Waals surface area contributed by atoms with E-state index in [4.69, 9.17) is 9.84 Å². The molecule has 0 bridgehead atoms. The third kappa shape index (κ3) is 4.73. The molecule has 2 atom stereocenters. The third-order valence-electron chi connectivity index (χ3n) is 3.10. The Bertz CT molecular complexity index is 506. The van der Waals surface area contributed by atoms with E-state index in [1.165, 1.54) is 36.9 Å². The van der Waals surface area contributed by atoms with E-state index in [0.29, 0.717) is 6.54 Å². The number of halogens is 1. The first-order valence-electron chi connectivity index (χ1n) is 6.79. The Kier molecular flexibility index (Phi) is 6.14. The maximum Gasteiger partial charge on any atom is 0.308 e. The Morgan fingerprint density at radius 1 is 1.33 bits per heavy atom. The summed E-state index contributed by atoms with van der Waals surface area (Å²) in [5, 5.41) is 8.90. The fraction of sp³-hybridized carbons (Fsp3) is 0.467. The van der Waals surface area contributed by atoms with Crippen molar-refractivity contribution in [3.05, 3.63) is 30.1 Å². The second-order valence-corrected chi connectivity index (χ2v) is 4.81. The Hall–Kier alpha value is -2.11. The van der Waals surface area contributed by atoms with Crippen molar-refractivity contribution in [1.29, 1.82) is 0 Å². The number of likely N-dealkylation sites (N-methyl/N-ethyl adjacent to an activating group) is 1. The zero-order valence-electron chi connectivity index (χ0n) is 12.4. The van der Waals surface area contributed by atoms with Gasteiger partial charge in [-0.2, -0.15) is 0 Å². The van der Waals surface area contributed by atoms with Crippen LogP contribution < -0.4 is 4.74 Å². The molecule has 0 fully saturated rings. The molecule has 0 aliphatic carbocycles. The van der Waals surface area contributed by atoms with Crippen molar-refractivity contribution in [1.82, 2.24) is 4.90 Å². The number of rotatable bonds is 7. The van der Waals surface area contributed by atoms with Gasteiger partial charge in [0.1, 0.15) is 0 Å². The number of carbonyl (C=O) groups excluding carboxylic acids is 1. The van der Waals surface area contributed by atoms with Gasteiger partial charge in [0.05, 0.1) is 5.92 Å². The average molecular weight is 297 g/mol. The molecule has 2 unspecified atom stereocenters. The molecule has 0 aliphatic rings. The van der Waals surface area contributed by atoms with Crippen LogP contribution in [0.25, 0.3) is 0 Å². The quantitative estimate of drug-likeness (QED) is 0.837. The van der Waals surface area contributed by atoms with Crippen molar-refractivity contribution in [2.75, 3.05) is 13.1 Å². The van der Waals surface area contributed by atoms with Gasteiger partial charge in [-0.1, -0.05) is 19.1 Å². The SMILES string of the molecule is CCN(CC(C)C(=O)O)C(=O)C(C)Oc1ccccc1F. The minimum Gasteiger partial charge on any atom is -0.481 e. The summed E-state index contributed by atoms with van der Waals surface area (Å²) in [6.07, 6.45) is -0.886. The maximum atomic E-state index is 13.5. The molecule has 116 valence electrons. The van der Waals surface area contributed by atoms with Gasteiger partial charge in [-0.3, -0.25) is 9.59 Å². The summed E-state index contributed by atoms with van der Waals surface area (Å²) >= 11 is 0. The molecule has 0 spiro atoms. The number of para-hydroxylation sites is 1. The number of carboxylic acids is 1. The Morgan fingerprint density at radius 3 is 2.48 bits per heavy atom. The van der Waals surface area contributed by atoms with Crippen molar-refractivity contribution in [2.24, 2.45) is 5.92 Å². The molecule has 1 rings (SSSR count). The van der Waals surface area contributed by atoms with E-state index in [9.17, 15) is 14.0 Å². The fourth-order valence-corrected chi connectivity index (χ4v) is 1.82. The summed E-state index contributed by atoms with van der Waals surface area (Å²) in [5.41, 5.74) is 0. The van der Waals surface area contributed by atoms with Crippen LogP contribution in [-0.2, 0) is 9.59 Å². The van der Waals surface area contributed by atoms with Gasteiger partial charge in [-0.15, -0.1) is 0 Å². The summed E-state index contributed by atoms with van der Waals surface area (Å²) in [5.74, 6) is -2.55. The summed E-state index contributed by atoms with van der Waals surface area (Å²) in [4.78, 5) is 24.5. The Morgan fingerprint density at radius 2 is 1.95 bits per heavy atom. The Labute approximate surface area is 123 Å². The number of amides is 1.